The summed E-state index contributed by atoms with van der Waals surface area (Å²) in [6, 6.07) is 4.96. The molecule has 3 rings (SSSR count). The zero-order valence-electron chi connectivity index (χ0n) is 15.5. The third-order valence-electron chi connectivity index (χ3n) is 4.18. The maximum atomic E-state index is 13.0. The number of fused-ring (bicyclic) bond motifs is 1. The summed E-state index contributed by atoms with van der Waals surface area (Å²) in [5, 5.41) is 1.93. The molecule has 0 fully saturated rings. The molecule has 2 aromatic heterocycles. The van der Waals surface area contributed by atoms with Crippen molar-refractivity contribution in [2.75, 3.05) is 6.54 Å². The minimum atomic E-state index is -0.238. The van der Waals surface area contributed by atoms with Gasteiger partial charge in [0.15, 0.2) is 0 Å². The van der Waals surface area contributed by atoms with E-state index in [0.717, 1.165) is 23.5 Å². The molecule has 142 valence electrons. The lowest BCUT2D eigenvalue weighted by atomic mass is 10.2. The largest absolute Gasteiger partial charge is 0.330 e. The van der Waals surface area contributed by atoms with Gasteiger partial charge in [-0.05, 0) is 38.0 Å². The smallest absolute Gasteiger partial charge is 0.266 e. The number of carbonyl (C=O) groups is 1. The Morgan fingerprint density at radius 2 is 2.07 bits per heavy atom. The molecule has 0 atom stereocenters. The average molecular weight is 405 g/mol. The number of H-pyrrole nitrogens is 1. The highest BCUT2D eigenvalue weighted by Crippen LogP contribution is 2.22. The normalized spacial score (nSPS) is 11.1. The second kappa shape index (κ2) is 8.19. The molecule has 0 aliphatic rings. The maximum Gasteiger partial charge on any atom is 0.266 e. The summed E-state index contributed by atoms with van der Waals surface area (Å²) in [5.74, 6) is 0.356. The molecular weight excluding hydrogens is 384 g/mol. The number of nitrogens with one attached hydrogen (secondary N) is 1. The SMILES string of the molecule is CCCN(Cc1nc2cc(Cl)ccc2c(=O)[nH]1)C(=O)c1sc(CC)nc1C. The van der Waals surface area contributed by atoms with E-state index in [1.165, 1.54) is 11.3 Å². The van der Waals surface area contributed by atoms with E-state index in [2.05, 4.69) is 15.0 Å². The van der Waals surface area contributed by atoms with Crippen LogP contribution in [0.1, 0.15) is 46.5 Å². The quantitative estimate of drug-likeness (QED) is 0.674. The van der Waals surface area contributed by atoms with Crippen molar-refractivity contribution < 1.29 is 4.79 Å². The number of benzene rings is 1. The maximum absolute atomic E-state index is 13.0. The Labute approximate surface area is 166 Å². The Bertz CT molecular complexity index is 1040. The van der Waals surface area contributed by atoms with Crippen LogP contribution in [-0.4, -0.2) is 32.3 Å². The van der Waals surface area contributed by atoms with E-state index < -0.39 is 0 Å². The third-order valence-corrected chi connectivity index (χ3v) is 5.70. The van der Waals surface area contributed by atoms with Gasteiger partial charge < -0.3 is 9.88 Å². The van der Waals surface area contributed by atoms with E-state index in [-0.39, 0.29) is 18.0 Å². The molecule has 1 aromatic carbocycles. The van der Waals surface area contributed by atoms with E-state index >= 15 is 0 Å². The Kier molecular flexibility index (Phi) is 5.92. The van der Waals surface area contributed by atoms with Crippen LogP contribution in [0.25, 0.3) is 10.9 Å². The first kappa shape index (κ1) is 19.5. The van der Waals surface area contributed by atoms with Crippen molar-refractivity contribution in [2.24, 2.45) is 0 Å². The molecule has 1 N–H and O–H groups in total. The van der Waals surface area contributed by atoms with Gasteiger partial charge in [0, 0.05) is 11.6 Å². The molecular formula is C19H21ClN4O2S. The van der Waals surface area contributed by atoms with Crippen molar-refractivity contribution in [3.63, 3.8) is 0 Å². The Morgan fingerprint density at radius 1 is 1.30 bits per heavy atom. The van der Waals surface area contributed by atoms with Crippen molar-refractivity contribution in [3.8, 4) is 0 Å². The van der Waals surface area contributed by atoms with Gasteiger partial charge in [-0.2, -0.15) is 0 Å². The molecule has 0 spiro atoms. The predicted octanol–water partition coefficient (Wildman–Crippen LogP) is 3.96. The lowest BCUT2D eigenvalue weighted by molar-refractivity contribution is 0.0743. The fourth-order valence-electron chi connectivity index (χ4n) is 2.88. The van der Waals surface area contributed by atoms with E-state index in [1.54, 1.807) is 23.1 Å². The summed E-state index contributed by atoms with van der Waals surface area (Å²) in [6.45, 7) is 6.67. The van der Waals surface area contributed by atoms with Gasteiger partial charge in [-0.25, -0.2) is 9.97 Å². The number of amides is 1. The molecule has 0 aliphatic carbocycles. The van der Waals surface area contributed by atoms with E-state index in [9.17, 15) is 9.59 Å². The third kappa shape index (κ3) is 4.20. The summed E-state index contributed by atoms with van der Waals surface area (Å²) >= 11 is 7.45. The van der Waals surface area contributed by atoms with Crippen LogP contribution in [0.5, 0.6) is 0 Å². The van der Waals surface area contributed by atoms with Gasteiger partial charge >= 0.3 is 0 Å². The molecule has 2 heterocycles. The van der Waals surface area contributed by atoms with Gasteiger partial charge in [0.05, 0.1) is 28.1 Å². The molecule has 8 heteroatoms. The van der Waals surface area contributed by atoms with Crippen molar-refractivity contribution >= 4 is 39.7 Å². The second-order valence-corrected chi connectivity index (χ2v) is 7.80. The van der Waals surface area contributed by atoms with E-state index in [4.69, 9.17) is 11.6 Å². The van der Waals surface area contributed by atoms with Gasteiger partial charge in [0.1, 0.15) is 10.7 Å². The highest BCUT2D eigenvalue weighted by atomic mass is 35.5. The van der Waals surface area contributed by atoms with Gasteiger partial charge in [0.25, 0.3) is 11.5 Å². The van der Waals surface area contributed by atoms with E-state index in [0.29, 0.717) is 33.2 Å². The minimum Gasteiger partial charge on any atom is -0.330 e. The summed E-state index contributed by atoms with van der Waals surface area (Å²) in [5.41, 5.74) is 1.03. The number of aryl methyl sites for hydroxylation is 2. The van der Waals surface area contributed by atoms with Crippen LogP contribution in [0.3, 0.4) is 0 Å². The summed E-state index contributed by atoms with van der Waals surface area (Å²) in [6.07, 6.45) is 1.60. The molecule has 27 heavy (non-hydrogen) atoms. The highest BCUT2D eigenvalue weighted by molar-refractivity contribution is 7.13. The zero-order chi connectivity index (χ0) is 19.6. The molecule has 0 radical (unpaired) electrons. The van der Waals surface area contributed by atoms with Gasteiger partial charge in [-0.15, -0.1) is 11.3 Å². The molecule has 0 aliphatic heterocycles. The molecule has 0 saturated heterocycles. The number of rotatable bonds is 6. The lowest BCUT2D eigenvalue weighted by Gasteiger charge is -2.21. The summed E-state index contributed by atoms with van der Waals surface area (Å²) in [7, 11) is 0. The fourth-order valence-corrected chi connectivity index (χ4v) is 4.02. The first-order chi connectivity index (χ1) is 12.9. The average Bonchev–Trinajstić information content (AvgIpc) is 3.01. The topological polar surface area (TPSA) is 79.0 Å². The van der Waals surface area contributed by atoms with Crippen molar-refractivity contribution in [1.82, 2.24) is 19.9 Å². The molecule has 0 unspecified atom stereocenters. The first-order valence-electron chi connectivity index (χ1n) is 8.87. The number of aromatic nitrogens is 3. The predicted molar refractivity (Wildman–Crippen MR) is 109 cm³/mol. The summed E-state index contributed by atoms with van der Waals surface area (Å²) < 4.78 is 0. The highest BCUT2D eigenvalue weighted by Gasteiger charge is 2.22. The lowest BCUT2D eigenvalue weighted by Crippen LogP contribution is -2.32. The molecule has 0 bridgehead atoms. The first-order valence-corrected chi connectivity index (χ1v) is 10.1. The second-order valence-electron chi connectivity index (χ2n) is 6.28. The Balaban J connectivity index is 1.94. The standard InChI is InChI=1S/C19H21ClN4O2S/c1-4-8-24(19(26)17-11(3)21-16(5-2)27-17)10-15-22-14-9-12(20)6-7-13(14)18(25)23-15/h6-7,9H,4-5,8,10H2,1-3H3,(H,22,23,25). The van der Waals surface area contributed by atoms with Crippen LogP contribution >= 0.6 is 22.9 Å². The number of hydrogen-bond acceptors (Lipinski definition) is 5. The molecule has 3 aromatic rings. The molecule has 0 saturated carbocycles. The van der Waals surface area contributed by atoms with Crippen molar-refractivity contribution in [1.29, 1.82) is 0 Å². The monoisotopic (exact) mass is 404 g/mol. The van der Waals surface area contributed by atoms with E-state index in [1.807, 2.05) is 20.8 Å². The van der Waals surface area contributed by atoms with Crippen LogP contribution in [-0.2, 0) is 13.0 Å². The van der Waals surface area contributed by atoms with Gasteiger partial charge in [-0.3, -0.25) is 9.59 Å². The Hall–Kier alpha value is -2.25. The number of thiazole rings is 1. The van der Waals surface area contributed by atoms with Crippen LogP contribution in [0.2, 0.25) is 5.02 Å². The number of hydrogen-bond donors (Lipinski definition) is 1. The minimum absolute atomic E-state index is 0.0830. The summed E-state index contributed by atoms with van der Waals surface area (Å²) in [4.78, 5) is 39.5. The van der Waals surface area contributed by atoms with Crippen molar-refractivity contribution in [2.45, 2.75) is 40.2 Å². The van der Waals surface area contributed by atoms with Crippen LogP contribution < -0.4 is 5.56 Å². The number of halogens is 1. The van der Waals surface area contributed by atoms with Crippen LogP contribution in [0, 0.1) is 6.92 Å². The number of nitrogens with zero attached hydrogens (tertiary/aromatic N) is 3. The van der Waals surface area contributed by atoms with Gasteiger partial charge in [0.2, 0.25) is 0 Å². The van der Waals surface area contributed by atoms with Crippen LogP contribution in [0.4, 0.5) is 0 Å². The van der Waals surface area contributed by atoms with Gasteiger partial charge in [-0.1, -0.05) is 25.4 Å². The van der Waals surface area contributed by atoms with Crippen molar-refractivity contribution in [3.05, 3.63) is 55.0 Å². The Morgan fingerprint density at radius 3 is 2.74 bits per heavy atom. The zero-order valence-corrected chi connectivity index (χ0v) is 17.1. The number of carbonyl (C=O) groups excluding carboxylic acids is 1. The number of aromatic amines is 1. The van der Waals surface area contributed by atoms with Crippen LogP contribution in [0.15, 0.2) is 23.0 Å². The fraction of sp³-hybridized carbons (Fsp3) is 0.368. The molecule has 6 nitrogen and oxygen atoms in total. The molecule has 1 amide bonds.